The fourth-order valence-corrected chi connectivity index (χ4v) is 1.99. The number of rotatable bonds is 6. The third-order valence-electron chi connectivity index (χ3n) is 3.02. The van der Waals surface area contributed by atoms with Crippen molar-refractivity contribution in [2.75, 3.05) is 12.4 Å². The predicted molar refractivity (Wildman–Crippen MR) is 80.8 cm³/mol. The number of nitro benzene ring substituents is 1. The molecule has 0 atom stereocenters. The lowest BCUT2D eigenvalue weighted by Crippen LogP contribution is -2.07. The van der Waals surface area contributed by atoms with Crippen molar-refractivity contribution in [2.24, 2.45) is 0 Å². The first-order valence-electron chi connectivity index (χ1n) is 6.70. The zero-order valence-electron chi connectivity index (χ0n) is 12.7. The van der Waals surface area contributed by atoms with E-state index in [2.05, 4.69) is 14.8 Å². The molecular weight excluding hydrogens is 345 g/mol. The molecule has 0 aliphatic heterocycles. The van der Waals surface area contributed by atoms with E-state index in [1.54, 1.807) is 0 Å². The number of nitrogens with one attached hydrogen (secondary N) is 1. The van der Waals surface area contributed by atoms with Gasteiger partial charge in [-0.1, -0.05) is 6.07 Å². The van der Waals surface area contributed by atoms with Crippen molar-refractivity contribution in [1.82, 2.24) is 0 Å². The SMILES string of the molecule is COC(=O)c1cc(F)c(Nc2cccc(OC(F)F)c2)c([N+](=O)[O-])c1. The standard InChI is InChI=1S/C15H11F3N2O5/c1-24-14(21)8-5-11(16)13(12(6-8)20(22)23)19-9-3-2-4-10(7-9)25-15(17)18/h2-7,15,19H,1H3. The Morgan fingerprint density at radius 3 is 2.60 bits per heavy atom. The average molecular weight is 356 g/mol. The predicted octanol–water partition coefficient (Wildman–Crippen LogP) is 3.87. The second-order valence-electron chi connectivity index (χ2n) is 4.63. The molecule has 0 unspecified atom stereocenters. The minimum absolute atomic E-state index is 0.0750. The number of nitrogens with zero attached hydrogens (tertiary/aromatic N) is 1. The maximum Gasteiger partial charge on any atom is 0.387 e. The Hall–Kier alpha value is -3.30. The van der Waals surface area contributed by atoms with Crippen LogP contribution in [0.25, 0.3) is 0 Å². The monoisotopic (exact) mass is 356 g/mol. The Morgan fingerprint density at radius 1 is 1.28 bits per heavy atom. The Labute approximate surface area is 139 Å². The Balaban J connectivity index is 2.42. The number of ether oxygens (including phenoxy) is 2. The van der Waals surface area contributed by atoms with Gasteiger partial charge in [0.05, 0.1) is 17.6 Å². The molecule has 7 nitrogen and oxygen atoms in total. The van der Waals surface area contributed by atoms with Gasteiger partial charge in [-0.15, -0.1) is 0 Å². The summed E-state index contributed by atoms with van der Waals surface area (Å²) in [6.45, 7) is -3.05. The van der Waals surface area contributed by atoms with Crippen molar-refractivity contribution in [3.8, 4) is 5.75 Å². The van der Waals surface area contributed by atoms with Crippen molar-refractivity contribution in [3.05, 3.63) is 57.9 Å². The summed E-state index contributed by atoms with van der Waals surface area (Å²) in [6, 6.07) is 6.67. The maximum atomic E-state index is 14.2. The molecule has 0 bridgehead atoms. The van der Waals surface area contributed by atoms with E-state index >= 15 is 0 Å². The third kappa shape index (κ3) is 4.37. The van der Waals surface area contributed by atoms with E-state index < -0.39 is 34.7 Å². The van der Waals surface area contributed by atoms with Crippen LogP contribution >= 0.6 is 0 Å². The number of carbonyl (C=O) groups is 1. The summed E-state index contributed by atoms with van der Waals surface area (Å²) in [6.07, 6.45) is 0. The number of halogens is 3. The summed E-state index contributed by atoms with van der Waals surface area (Å²) in [7, 11) is 1.05. The minimum Gasteiger partial charge on any atom is -0.465 e. The van der Waals surface area contributed by atoms with Crippen LogP contribution in [0.1, 0.15) is 10.4 Å². The lowest BCUT2D eigenvalue weighted by Gasteiger charge is -2.11. The number of nitro groups is 1. The molecule has 2 aromatic carbocycles. The van der Waals surface area contributed by atoms with Crippen molar-refractivity contribution >= 4 is 23.0 Å². The van der Waals surface area contributed by atoms with Gasteiger partial charge in [0.1, 0.15) is 5.75 Å². The molecule has 132 valence electrons. The van der Waals surface area contributed by atoms with E-state index in [1.807, 2.05) is 0 Å². The lowest BCUT2D eigenvalue weighted by molar-refractivity contribution is -0.384. The van der Waals surface area contributed by atoms with E-state index in [4.69, 9.17) is 0 Å². The molecular formula is C15H11F3N2O5. The maximum absolute atomic E-state index is 14.2. The van der Waals surface area contributed by atoms with Gasteiger partial charge in [0, 0.05) is 17.8 Å². The molecule has 0 aliphatic rings. The molecule has 0 radical (unpaired) electrons. The number of hydrogen-bond acceptors (Lipinski definition) is 6. The van der Waals surface area contributed by atoms with Gasteiger partial charge in [-0.05, 0) is 18.2 Å². The second kappa shape index (κ2) is 7.51. The van der Waals surface area contributed by atoms with Crippen LogP contribution in [0.2, 0.25) is 0 Å². The highest BCUT2D eigenvalue weighted by molar-refractivity contribution is 5.91. The van der Waals surface area contributed by atoms with Crippen LogP contribution in [0.3, 0.4) is 0 Å². The molecule has 0 amide bonds. The molecule has 10 heteroatoms. The van der Waals surface area contributed by atoms with Crippen LogP contribution in [0.15, 0.2) is 36.4 Å². The van der Waals surface area contributed by atoms with E-state index in [0.717, 1.165) is 25.3 Å². The zero-order valence-corrected chi connectivity index (χ0v) is 12.7. The summed E-state index contributed by atoms with van der Waals surface area (Å²) in [5.74, 6) is -2.25. The summed E-state index contributed by atoms with van der Waals surface area (Å²) < 4.78 is 47.3. The van der Waals surface area contributed by atoms with Crippen LogP contribution in [0, 0.1) is 15.9 Å². The number of alkyl halides is 2. The first-order valence-corrected chi connectivity index (χ1v) is 6.70. The van der Waals surface area contributed by atoms with E-state index in [9.17, 15) is 28.1 Å². The molecule has 0 spiro atoms. The number of benzene rings is 2. The highest BCUT2D eigenvalue weighted by Crippen LogP contribution is 2.33. The normalized spacial score (nSPS) is 10.4. The van der Waals surface area contributed by atoms with Crippen molar-refractivity contribution in [2.45, 2.75) is 6.61 Å². The summed E-state index contributed by atoms with van der Waals surface area (Å²) >= 11 is 0. The smallest absolute Gasteiger partial charge is 0.387 e. The molecule has 2 rings (SSSR count). The van der Waals surface area contributed by atoms with Crippen LogP contribution in [-0.4, -0.2) is 24.6 Å². The number of carbonyl (C=O) groups excluding carboxylic acids is 1. The van der Waals surface area contributed by atoms with E-state index in [-0.39, 0.29) is 17.0 Å². The van der Waals surface area contributed by atoms with Crippen LogP contribution < -0.4 is 10.1 Å². The van der Waals surface area contributed by atoms with Gasteiger partial charge in [-0.2, -0.15) is 8.78 Å². The molecule has 25 heavy (non-hydrogen) atoms. The van der Waals surface area contributed by atoms with Crippen molar-refractivity contribution in [1.29, 1.82) is 0 Å². The topological polar surface area (TPSA) is 90.7 Å². The summed E-state index contributed by atoms with van der Waals surface area (Å²) in [5.41, 5.74) is -1.52. The fraction of sp³-hybridized carbons (Fsp3) is 0.133. The first-order chi connectivity index (χ1) is 11.8. The highest BCUT2D eigenvalue weighted by atomic mass is 19.3. The number of esters is 1. The summed E-state index contributed by atoms with van der Waals surface area (Å²) in [4.78, 5) is 21.7. The zero-order chi connectivity index (χ0) is 18.6. The Kier molecular flexibility index (Phi) is 5.42. The quantitative estimate of drug-likeness (QED) is 0.480. The van der Waals surface area contributed by atoms with Crippen LogP contribution in [-0.2, 0) is 4.74 Å². The summed E-state index contributed by atoms with van der Waals surface area (Å²) in [5, 5.41) is 13.6. The first kappa shape index (κ1) is 18.0. The number of methoxy groups -OCH3 is 1. The second-order valence-corrected chi connectivity index (χ2v) is 4.63. The fourth-order valence-electron chi connectivity index (χ4n) is 1.99. The molecule has 0 aliphatic carbocycles. The van der Waals surface area contributed by atoms with Gasteiger partial charge in [-0.3, -0.25) is 10.1 Å². The van der Waals surface area contributed by atoms with E-state index in [1.165, 1.54) is 18.2 Å². The highest BCUT2D eigenvalue weighted by Gasteiger charge is 2.23. The van der Waals surface area contributed by atoms with Gasteiger partial charge < -0.3 is 14.8 Å². The molecule has 2 aromatic rings. The van der Waals surface area contributed by atoms with Gasteiger partial charge in [0.2, 0.25) is 0 Å². The Morgan fingerprint density at radius 2 is 2.00 bits per heavy atom. The molecule has 0 saturated heterocycles. The molecule has 0 heterocycles. The van der Waals surface area contributed by atoms with Crippen molar-refractivity contribution < 1.29 is 32.4 Å². The van der Waals surface area contributed by atoms with Crippen molar-refractivity contribution in [3.63, 3.8) is 0 Å². The largest absolute Gasteiger partial charge is 0.465 e. The number of hydrogen-bond donors (Lipinski definition) is 1. The van der Waals surface area contributed by atoms with Gasteiger partial charge in [-0.25, -0.2) is 9.18 Å². The third-order valence-corrected chi connectivity index (χ3v) is 3.02. The number of anilines is 2. The lowest BCUT2D eigenvalue weighted by atomic mass is 10.1. The Bertz CT molecular complexity index is 814. The molecule has 0 fully saturated rings. The van der Waals surface area contributed by atoms with Crippen LogP contribution in [0.4, 0.5) is 30.2 Å². The van der Waals surface area contributed by atoms with Gasteiger partial charge in [0.25, 0.3) is 5.69 Å². The minimum atomic E-state index is -3.05. The average Bonchev–Trinajstić information content (AvgIpc) is 2.55. The molecule has 1 N–H and O–H groups in total. The van der Waals surface area contributed by atoms with Crippen LogP contribution in [0.5, 0.6) is 5.75 Å². The van der Waals surface area contributed by atoms with E-state index in [0.29, 0.717) is 0 Å². The molecule has 0 saturated carbocycles. The van der Waals surface area contributed by atoms with Gasteiger partial charge >= 0.3 is 12.6 Å². The van der Waals surface area contributed by atoms with Gasteiger partial charge in [0.15, 0.2) is 11.5 Å². The molecule has 0 aromatic heterocycles.